The van der Waals surface area contributed by atoms with Gasteiger partial charge < -0.3 is 34.5 Å². The molecule has 3 heterocycles. The second kappa shape index (κ2) is 16.8. The van der Waals surface area contributed by atoms with Gasteiger partial charge in [-0.2, -0.15) is 13.2 Å². The third-order valence-corrected chi connectivity index (χ3v) is 14.1. The summed E-state index contributed by atoms with van der Waals surface area (Å²) in [5.41, 5.74) is -4.07. The van der Waals surface area contributed by atoms with Crippen LogP contribution in [0.2, 0.25) is 0 Å². The number of alkyl carbamates (subject to hydrolysis) is 1. The molecule has 2 saturated carbocycles. The second-order valence-electron chi connectivity index (χ2n) is 17.9. The van der Waals surface area contributed by atoms with Crippen LogP contribution in [0.25, 0.3) is 11.0 Å². The summed E-state index contributed by atoms with van der Waals surface area (Å²) in [6, 6.07) is 1.34. The Morgan fingerprint density at radius 3 is 2.37 bits per heavy atom. The van der Waals surface area contributed by atoms with E-state index in [9.17, 15) is 40.8 Å². The van der Waals surface area contributed by atoms with Crippen molar-refractivity contribution in [1.82, 2.24) is 30.2 Å². The van der Waals surface area contributed by atoms with Gasteiger partial charge in [0.15, 0.2) is 0 Å². The van der Waals surface area contributed by atoms with Crippen LogP contribution in [0.4, 0.5) is 18.0 Å². The zero-order chi connectivity index (χ0) is 44.0. The number of amides is 4. The number of hydrogen-bond donors (Lipinski definition) is 3. The second-order valence-corrected chi connectivity index (χ2v) is 20.1. The first-order valence-corrected chi connectivity index (χ1v) is 21.7. The van der Waals surface area contributed by atoms with Crippen LogP contribution in [0.5, 0.6) is 11.6 Å². The Labute approximate surface area is 347 Å². The number of sulfonamides is 1. The van der Waals surface area contributed by atoms with E-state index in [0.717, 1.165) is 11.3 Å². The van der Waals surface area contributed by atoms with Crippen LogP contribution in [0.3, 0.4) is 0 Å². The molecule has 1 aromatic carbocycles. The highest BCUT2D eigenvalue weighted by atomic mass is 32.2. The van der Waals surface area contributed by atoms with Crippen LogP contribution >= 0.6 is 0 Å². The normalized spacial score (nSPS) is 28.6. The average molecular weight is 869 g/mol. The van der Waals surface area contributed by atoms with Gasteiger partial charge in [0.1, 0.15) is 35.1 Å². The molecule has 3 N–H and O–H groups in total. The number of ether oxygens (including phenoxy) is 4. The predicted octanol–water partition coefficient (Wildman–Crippen LogP) is 4.64. The van der Waals surface area contributed by atoms with E-state index in [1.165, 1.54) is 39.3 Å². The summed E-state index contributed by atoms with van der Waals surface area (Å²) >= 11 is 0. The number of benzene rings is 1. The van der Waals surface area contributed by atoms with E-state index in [4.69, 9.17) is 18.9 Å². The summed E-state index contributed by atoms with van der Waals surface area (Å²) in [6.07, 6.45) is -3.72. The highest BCUT2D eigenvalue weighted by Crippen LogP contribution is 2.49. The summed E-state index contributed by atoms with van der Waals surface area (Å²) in [5.74, 6) is -4.16. The molecule has 0 radical (unpaired) electrons. The van der Waals surface area contributed by atoms with Crippen molar-refractivity contribution in [3.05, 3.63) is 23.9 Å². The van der Waals surface area contributed by atoms with Crippen LogP contribution in [-0.2, 0) is 40.1 Å². The largest absolute Gasteiger partial charge is 0.497 e. The van der Waals surface area contributed by atoms with E-state index in [0.29, 0.717) is 44.3 Å². The molecular formula is C40H55F3N6O10S. The fourth-order valence-corrected chi connectivity index (χ4v) is 9.53. The van der Waals surface area contributed by atoms with Crippen LogP contribution in [-0.4, -0.2) is 109 Å². The van der Waals surface area contributed by atoms with Gasteiger partial charge in [-0.25, -0.2) is 23.2 Å². The number of halogens is 3. The lowest BCUT2D eigenvalue weighted by atomic mass is 9.86. The number of carbonyl (C=O) groups is 4. The van der Waals surface area contributed by atoms with Gasteiger partial charge >= 0.3 is 12.3 Å². The van der Waals surface area contributed by atoms with Gasteiger partial charge in [-0.05, 0) is 83.8 Å². The summed E-state index contributed by atoms with van der Waals surface area (Å²) in [6.45, 7) is 8.06. The summed E-state index contributed by atoms with van der Waals surface area (Å²) in [7, 11) is -1.27. The van der Waals surface area contributed by atoms with Crippen LogP contribution in [0.15, 0.2) is 18.2 Å². The first-order chi connectivity index (χ1) is 28.0. The molecule has 2 aliphatic carbocycles. The lowest BCUT2D eigenvalue weighted by Gasteiger charge is -2.34. The van der Waals surface area contributed by atoms with Gasteiger partial charge in [0, 0.05) is 25.5 Å². The van der Waals surface area contributed by atoms with Gasteiger partial charge in [0.25, 0.3) is 5.91 Å². The fraction of sp³-hybridized carbons (Fsp3) is 0.700. The third-order valence-electron chi connectivity index (χ3n) is 11.9. The zero-order valence-corrected chi connectivity index (χ0v) is 35.8. The Hall–Kier alpha value is -4.46. The maximum Gasteiger partial charge on any atom is 0.438 e. The number of fused-ring (bicyclic) bond motifs is 3. The Bertz CT molecular complexity index is 2090. The molecule has 2 aliphatic heterocycles. The number of nitrogens with one attached hydrogen (secondary N) is 3. The van der Waals surface area contributed by atoms with Crippen molar-refractivity contribution in [1.29, 1.82) is 0 Å². The van der Waals surface area contributed by atoms with E-state index >= 15 is 0 Å². The predicted molar refractivity (Wildman–Crippen MR) is 210 cm³/mol. The maximum absolute atomic E-state index is 15.0. The Kier molecular flexibility index (Phi) is 12.6. The fourth-order valence-electron chi connectivity index (χ4n) is 8.22. The molecule has 4 fully saturated rings. The minimum atomic E-state index is -5.02. The molecule has 0 spiro atoms. The van der Waals surface area contributed by atoms with Crippen molar-refractivity contribution in [2.75, 3.05) is 27.4 Å². The number of alkyl halides is 3. The number of hydrogen-bond acceptors (Lipinski definition) is 12. The van der Waals surface area contributed by atoms with Crippen molar-refractivity contribution in [2.24, 2.45) is 17.8 Å². The van der Waals surface area contributed by atoms with Gasteiger partial charge in [-0.1, -0.05) is 26.2 Å². The topological polar surface area (TPSA) is 204 Å². The summed E-state index contributed by atoms with van der Waals surface area (Å²) in [5, 5.41) is 5.48. The van der Waals surface area contributed by atoms with E-state index in [-0.39, 0.29) is 36.4 Å². The maximum atomic E-state index is 15.0. The van der Waals surface area contributed by atoms with E-state index in [1.54, 1.807) is 20.8 Å². The van der Waals surface area contributed by atoms with Crippen LogP contribution in [0, 0.1) is 17.8 Å². The summed E-state index contributed by atoms with van der Waals surface area (Å²) in [4.78, 5) is 66.0. The highest BCUT2D eigenvalue weighted by Gasteiger charge is 2.63. The lowest BCUT2D eigenvalue weighted by Crippen LogP contribution is -2.60. The molecule has 2 aromatic rings. The molecule has 4 amide bonds. The Morgan fingerprint density at radius 1 is 1.03 bits per heavy atom. The molecule has 20 heteroatoms. The zero-order valence-electron chi connectivity index (χ0n) is 34.9. The smallest absolute Gasteiger partial charge is 0.438 e. The summed E-state index contributed by atoms with van der Waals surface area (Å²) < 4.78 is 93.3. The van der Waals surface area contributed by atoms with Gasteiger partial charge in [-0.15, -0.1) is 0 Å². The Balaban J connectivity index is 1.40. The van der Waals surface area contributed by atoms with Crippen molar-refractivity contribution < 1.29 is 59.7 Å². The molecule has 7 atom stereocenters. The molecular weight excluding hydrogens is 814 g/mol. The average Bonchev–Trinajstić information content (AvgIpc) is 4.03. The number of carbonyl (C=O) groups excluding carboxylic acids is 4. The van der Waals surface area contributed by atoms with Gasteiger partial charge in [-0.3, -0.25) is 19.1 Å². The van der Waals surface area contributed by atoms with Gasteiger partial charge in [0.2, 0.25) is 33.4 Å². The monoisotopic (exact) mass is 868 g/mol. The molecule has 4 aliphatic rings. The number of aromatic nitrogens is 2. The lowest BCUT2D eigenvalue weighted by molar-refractivity contribution is -0.143. The van der Waals surface area contributed by atoms with Crippen LogP contribution in [0.1, 0.15) is 98.1 Å². The van der Waals surface area contributed by atoms with E-state index < -0.39 is 104 Å². The van der Waals surface area contributed by atoms with E-state index in [2.05, 4.69) is 25.3 Å². The molecule has 16 nitrogen and oxygen atoms in total. The van der Waals surface area contributed by atoms with Crippen molar-refractivity contribution in [3.8, 4) is 11.6 Å². The molecule has 2 saturated heterocycles. The molecule has 0 bridgehead atoms. The molecule has 1 aromatic heterocycles. The van der Waals surface area contributed by atoms with Crippen molar-refractivity contribution in [2.45, 2.75) is 133 Å². The first kappa shape index (κ1) is 45.1. The highest BCUT2D eigenvalue weighted by molar-refractivity contribution is 7.91. The minimum absolute atomic E-state index is 0.0128. The Morgan fingerprint density at radius 2 is 1.73 bits per heavy atom. The third kappa shape index (κ3) is 9.84. The number of rotatable bonds is 9. The number of methoxy groups -OCH3 is 2. The van der Waals surface area contributed by atoms with E-state index in [1.807, 2.05) is 6.92 Å². The van der Waals surface area contributed by atoms with Crippen molar-refractivity contribution >= 4 is 44.9 Å². The minimum Gasteiger partial charge on any atom is -0.497 e. The molecule has 60 heavy (non-hydrogen) atoms. The standard InChI is InChI=1S/C40H55F3N6O10S/c1-22-10-8-9-11-24-19-39(24,35(52)48-60(54,55)38(5)14-15-38)47-32(50)29-18-26(58-33-31(40(41,42)43)44-27-13-12-25(57-7)17-28(27)45-33)20-49(29)34(51)30(23(16-22)21-56-6)46-36(53)59-37(2,3)4/h12-13,17,22-24,26,29-30H,8-11,14-16,18-21H2,1-7H3,(H,46,53)(H,47,50)(H,48,52)/t22-,23+,24+,26-,29+,30+,39-/m1/s1. The molecule has 6 rings (SSSR count). The van der Waals surface area contributed by atoms with Gasteiger partial charge in [0.05, 0.1) is 36.0 Å². The molecule has 332 valence electrons. The molecule has 0 unspecified atom stereocenters. The first-order valence-electron chi connectivity index (χ1n) is 20.3. The number of nitrogens with zero attached hydrogens (tertiary/aromatic N) is 3. The van der Waals surface area contributed by atoms with Crippen LogP contribution < -0.4 is 24.8 Å². The van der Waals surface area contributed by atoms with Crippen molar-refractivity contribution in [3.63, 3.8) is 0 Å². The SMILES string of the molecule is COC[C@@H]1C[C@H](C)CCCC[C@H]2C[C@@]2(C(=O)NS(=O)(=O)C2(C)CC2)NC(=O)[C@@H]2C[C@@H](Oc3nc4cc(OC)ccc4nc3C(F)(F)F)CN2C(=O)[C@H]1NC(=O)OC(C)(C)C. The quantitative estimate of drug-likeness (QED) is 0.316.